The lowest BCUT2D eigenvalue weighted by Crippen LogP contribution is -2.38. The van der Waals surface area contributed by atoms with Gasteiger partial charge in [0.15, 0.2) is 6.10 Å². The molecule has 1 aliphatic heterocycles. The molecule has 0 spiro atoms. The molecule has 16 heavy (non-hydrogen) atoms. The Morgan fingerprint density at radius 2 is 2.00 bits per heavy atom. The van der Waals surface area contributed by atoms with E-state index in [9.17, 15) is 9.18 Å². The number of aliphatic carboxylic acids is 1. The van der Waals surface area contributed by atoms with Crippen molar-refractivity contribution in [2.45, 2.75) is 12.2 Å². The van der Waals surface area contributed by atoms with Gasteiger partial charge in [-0.25, -0.2) is 9.18 Å². The van der Waals surface area contributed by atoms with E-state index in [4.69, 9.17) is 14.6 Å². The zero-order chi connectivity index (χ0) is 11.5. The highest BCUT2D eigenvalue weighted by Crippen LogP contribution is 2.28. The molecule has 0 amide bonds. The van der Waals surface area contributed by atoms with E-state index in [1.807, 2.05) is 0 Å². The maximum Gasteiger partial charge on any atom is 0.335 e. The van der Waals surface area contributed by atoms with Gasteiger partial charge in [-0.15, -0.1) is 0 Å². The molecule has 1 heterocycles. The van der Waals surface area contributed by atoms with Crippen molar-refractivity contribution in [1.82, 2.24) is 0 Å². The number of benzene rings is 1. The summed E-state index contributed by atoms with van der Waals surface area (Å²) in [6, 6.07) is 5.95. The minimum atomic E-state index is -1.15. The third-order valence-corrected chi connectivity index (χ3v) is 2.41. The molecule has 1 saturated heterocycles. The van der Waals surface area contributed by atoms with E-state index < -0.39 is 24.0 Å². The molecule has 0 aromatic heterocycles. The molecule has 1 fully saturated rings. The first-order valence-electron chi connectivity index (χ1n) is 4.90. The van der Waals surface area contributed by atoms with Crippen LogP contribution in [0.4, 0.5) is 4.39 Å². The SMILES string of the molecule is O=C(O)[C@@H]1OCCO[C@H]1c1ccccc1F. The van der Waals surface area contributed by atoms with Crippen LogP contribution in [0.5, 0.6) is 0 Å². The predicted octanol–water partition coefficient (Wildman–Crippen LogP) is 1.37. The van der Waals surface area contributed by atoms with Crippen molar-refractivity contribution in [1.29, 1.82) is 0 Å². The monoisotopic (exact) mass is 226 g/mol. The van der Waals surface area contributed by atoms with Gasteiger partial charge in [-0.05, 0) is 6.07 Å². The van der Waals surface area contributed by atoms with E-state index in [0.717, 1.165) is 0 Å². The fourth-order valence-electron chi connectivity index (χ4n) is 1.68. The van der Waals surface area contributed by atoms with Crippen molar-refractivity contribution in [3.63, 3.8) is 0 Å². The number of carbonyl (C=O) groups is 1. The smallest absolute Gasteiger partial charge is 0.335 e. The number of ether oxygens (including phenoxy) is 2. The van der Waals surface area contributed by atoms with Crippen LogP contribution in [0.1, 0.15) is 11.7 Å². The molecule has 0 bridgehead atoms. The highest BCUT2D eigenvalue weighted by molar-refractivity contribution is 5.73. The summed E-state index contributed by atoms with van der Waals surface area (Å²) in [6.07, 6.45) is -2.03. The van der Waals surface area contributed by atoms with E-state index in [1.54, 1.807) is 6.07 Å². The molecule has 2 atom stereocenters. The molecule has 1 aromatic carbocycles. The molecule has 86 valence electrons. The Bertz CT molecular complexity index is 393. The van der Waals surface area contributed by atoms with Gasteiger partial charge in [0.25, 0.3) is 0 Å². The van der Waals surface area contributed by atoms with Gasteiger partial charge in [0, 0.05) is 5.56 Å². The van der Waals surface area contributed by atoms with E-state index in [0.29, 0.717) is 0 Å². The quantitative estimate of drug-likeness (QED) is 0.827. The molecule has 0 unspecified atom stereocenters. The largest absolute Gasteiger partial charge is 0.479 e. The van der Waals surface area contributed by atoms with Crippen LogP contribution in [-0.4, -0.2) is 30.4 Å². The predicted molar refractivity (Wildman–Crippen MR) is 52.5 cm³/mol. The molecular formula is C11H11FO4. The summed E-state index contributed by atoms with van der Waals surface area (Å²) >= 11 is 0. The fraction of sp³-hybridized carbons (Fsp3) is 0.364. The first-order valence-corrected chi connectivity index (χ1v) is 4.90. The molecule has 4 nitrogen and oxygen atoms in total. The second kappa shape index (κ2) is 4.59. The summed E-state index contributed by atoms with van der Waals surface area (Å²) < 4.78 is 23.8. The molecule has 1 aliphatic rings. The van der Waals surface area contributed by atoms with Crippen LogP contribution in [0.2, 0.25) is 0 Å². The Kier molecular flexibility index (Phi) is 3.17. The Morgan fingerprint density at radius 1 is 1.31 bits per heavy atom. The van der Waals surface area contributed by atoms with Crippen molar-refractivity contribution in [3.05, 3.63) is 35.6 Å². The van der Waals surface area contributed by atoms with Gasteiger partial charge in [-0.1, -0.05) is 18.2 Å². The average molecular weight is 226 g/mol. The first kappa shape index (κ1) is 11.0. The van der Waals surface area contributed by atoms with Crippen LogP contribution in [0.25, 0.3) is 0 Å². The lowest BCUT2D eigenvalue weighted by molar-refractivity contribution is -0.181. The molecule has 0 radical (unpaired) electrons. The molecular weight excluding hydrogens is 215 g/mol. The first-order chi connectivity index (χ1) is 7.70. The lowest BCUT2D eigenvalue weighted by Gasteiger charge is -2.29. The van der Waals surface area contributed by atoms with Crippen molar-refractivity contribution in [3.8, 4) is 0 Å². The number of hydrogen-bond donors (Lipinski definition) is 1. The van der Waals surface area contributed by atoms with Crippen LogP contribution >= 0.6 is 0 Å². The molecule has 0 saturated carbocycles. The summed E-state index contributed by atoms with van der Waals surface area (Å²) in [7, 11) is 0. The number of carboxylic acids is 1. The van der Waals surface area contributed by atoms with Crippen LogP contribution in [-0.2, 0) is 14.3 Å². The topological polar surface area (TPSA) is 55.8 Å². The summed E-state index contributed by atoms with van der Waals surface area (Å²) in [5.41, 5.74) is 0.217. The molecule has 1 N–H and O–H groups in total. The number of halogens is 1. The average Bonchev–Trinajstić information content (AvgIpc) is 2.29. The Labute approximate surface area is 91.6 Å². The molecule has 1 aromatic rings. The van der Waals surface area contributed by atoms with E-state index >= 15 is 0 Å². The van der Waals surface area contributed by atoms with Crippen LogP contribution in [0.15, 0.2) is 24.3 Å². The number of carboxylic acid groups (broad SMARTS) is 1. The van der Waals surface area contributed by atoms with Gasteiger partial charge in [0.05, 0.1) is 13.2 Å². The maximum atomic E-state index is 13.5. The van der Waals surface area contributed by atoms with Gasteiger partial charge in [-0.3, -0.25) is 0 Å². The van der Waals surface area contributed by atoms with Crippen molar-refractivity contribution >= 4 is 5.97 Å². The van der Waals surface area contributed by atoms with Gasteiger partial charge in [0.2, 0.25) is 0 Å². The van der Waals surface area contributed by atoms with E-state index in [2.05, 4.69) is 0 Å². The Balaban J connectivity index is 2.30. The van der Waals surface area contributed by atoms with Gasteiger partial charge in [0.1, 0.15) is 11.9 Å². The third kappa shape index (κ3) is 2.05. The zero-order valence-electron chi connectivity index (χ0n) is 8.43. The summed E-state index contributed by atoms with van der Waals surface area (Å²) in [5, 5.41) is 8.93. The molecule has 2 rings (SSSR count). The van der Waals surface area contributed by atoms with Crippen molar-refractivity contribution < 1.29 is 23.8 Å². The van der Waals surface area contributed by atoms with Gasteiger partial charge < -0.3 is 14.6 Å². The minimum Gasteiger partial charge on any atom is -0.479 e. The van der Waals surface area contributed by atoms with Crippen LogP contribution in [0.3, 0.4) is 0 Å². The minimum absolute atomic E-state index is 0.210. The standard InChI is InChI=1S/C11H11FO4/c12-8-4-2-1-3-7(8)9-10(11(13)14)16-6-5-15-9/h1-4,9-10H,5-6H2,(H,13,14)/t9-,10+/m0/s1. The second-order valence-electron chi connectivity index (χ2n) is 3.44. The van der Waals surface area contributed by atoms with Crippen molar-refractivity contribution in [2.24, 2.45) is 0 Å². The van der Waals surface area contributed by atoms with Crippen LogP contribution in [0, 0.1) is 5.82 Å². The zero-order valence-corrected chi connectivity index (χ0v) is 8.43. The van der Waals surface area contributed by atoms with Gasteiger partial charge in [-0.2, -0.15) is 0 Å². The Morgan fingerprint density at radius 3 is 2.69 bits per heavy atom. The number of rotatable bonds is 2. The van der Waals surface area contributed by atoms with Gasteiger partial charge >= 0.3 is 5.97 Å². The third-order valence-electron chi connectivity index (χ3n) is 2.41. The van der Waals surface area contributed by atoms with Crippen LogP contribution < -0.4 is 0 Å². The lowest BCUT2D eigenvalue weighted by atomic mass is 10.0. The molecule has 0 aliphatic carbocycles. The summed E-state index contributed by atoms with van der Waals surface area (Å²) in [5.74, 6) is -1.63. The van der Waals surface area contributed by atoms with Crippen molar-refractivity contribution in [2.75, 3.05) is 13.2 Å². The summed E-state index contributed by atoms with van der Waals surface area (Å²) in [6.45, 7) is 0.477. The number of hydrogen-bond acceptors (Lipinski definition) is 3. The molecule has 5 heteroatoms. The normalized spacial score (nSPS) is 25.3. The second-order valence-corrected chi connectivity index (χ2v) is 3.44. The highest BCUT2D eigenvalue weighted by Gasteiger charge is 2.35. The maximum absolute atomic E-state index is 13.5. The van der Waals surface area contributed by atoms with E-state index in [-0.39, 0.29) is 18.8 Å². The Hall–Kier alpha value is -1.46. The highest BCUT2D eigenvalue weighted by atomic mass is 19.1. The van der Waals surface area contributed by atoms with E-state index in [1.165, 1.54) is 18.2 Å². The summed E-state index contributed by atoms with van der Waals surface area (Å²) in [4.78, 5) is 10.9. The fourth-order valence-corrected chi connectivity index (χ4v) is 1.68.